The van der Waals surface area contributed by atoms with Crippen LogP contribution in [0.15, 0.2) is 35.0 Å². The van der Waals surface area contributed by atoms with E-state index < -0.39 is 0 Å². The van der Waals surface area contributed by atoms with E-state index in [2.05, 4.69) is 5.16 Å². The molecule has 1 heterocycles. The molecule has 0 unspecified atom stereocenters. The fourth-order valence-electron chi connectivity index (χ4n) is 1.62. The Labute approximate surface area is 105 Å². The van der Waals surface area contributed by atoms with Crippen molar-refractivity contribution in [1.29, 1.82) is 0 Å². The van der Waals surface area contributed by atoms with Crippen molar-refractivity contribution in [2.75, 3.05) is 7.05 Å². The van der Waals surface area contributed by atoms with Gasteiger partial charge in [-0.2, -0.15) is 0 Å². The number of hydrogen-bond donors (Lipinski definition) is 1. The summed E-state index contributed by atoms with van der Waals surface area (Å²) in [7, 11) is 1.69. The van der Waals surface area contributed by atoms with Gasteiger partial charge in [0.05, 0.1) is 6.20 Å². The standard InChI is InChI=1S/C13H14N2O3/c1-9-7-14-18-12(9)13(17)15(2)8-10-3-5-11(16)6-4-10/h3-7,16H,8H2,1-2H3. The lowest BCUT2D eigenvalue weighted by Gasteiger charge is -2.15. The highest BCUT2D eigenvalue weighted by molar-refractivity contribution is 5.92. The molecule has 0 atom stereocenters. The van der Waals surface area contributed by atoms with Crippen LogP contribution in [-0.4, -0.2) is 28.1 Å². The predicted molar refractivity (Wildman–Crippen MR) is 65.1 cm³/mol. The van der Waals surface area contributed by atoms with Gasteiger partial charge in [-0.15, -0.1) is 0 Å². The highest BCUT2D eigenvalue weighted by Crippen LogP contribution is 2.14. The van der Waals surface area contributed by atoms with E-state index in [4.69, 9.17) is 4.52 Å². The smallest absolute Gasteiger partial charge is 0.292 e. The van der Waals surface area contributed by atoms with Crippen LogP contribution in [0.4, 0.5) is 0 Å². The number of aromatic hydroxyl groups is 1. The first kappa shape index (κ1) is 12.2. The molecule has 2 rings (SSSR count). The van der Waals surface area contributed by atoms with Crippen LogP contribution in [-0.2, 0) is 6.54 Å². The minimum atomic E-state index is -0.210. The molecule has 1 aromatic carbocycles. The van der Waals surface area contributed by atoms with E-state index in [-0.39, 0.29) is 17.4 Å². The number of amides is 1. The number of hydrogen-bond acceptors (Lipinski definition) is 4. The molecule has 0 fully saturated rings. The Morgan fingerprint density at radius 1 is 1.39 bits per heavy atom. The summed E-state index contributed by atoms with van der Waals surface area (Å²) >= 11 is 0. The Morgan fingerprint density at radius 3 is 2.61 bits per heavy atom. The summed E-state index contributed by atoms with van der Waals surface area (Å²) in [5, 5.41) is 12.8. The molecular weight excluding hydrogens is 232 g/mol. The number of phenolic OH excluding ortho intramolecular Hbond substituents is 1. The molecule has 1 amide bonds. The summed E-state index contributed by atoms with van der Waals surface area (Å²) in [6.45, 7) is 2.22. The second-order valence-corrected chi connectivity index (χ2v) is 4.17. The molecular formula is C13H14N2O3. The van der Waals surface area contributed by atoms with Crippen molar-refractivity contribution in [1.82, 2.24) is 10.1 Å². The van der Waals surface area contributed by atoms with Gasteiger partial charge in [-0.05, 0) is 24.6 Å². The van der Waals surface area contributed by atoms with Crippen LogP contribution in [0.5, 0.6) is 5.75 Å². The topological polar surface area (TPSA) is 66.6 Å². The van der Waals surface area contributed by atoms with E-state index in [0.29, 0.717) is 6.54 Å². The largest absolute Gasteiger partial charge is 0.508 e. The fraction of sp³-hybridized carbons (Fsp3) is 0.231. The Balaban J connectivity index is 2.08. The van der Waals surface area contributed by atoms with Crippen molar-refractivity contribution < 1.29 is 14.4 Å². The summed E-state index contributed by atoms with van der Waals surface area (Å²) in [6.07, 6.45) is 1.52. The van der Waals surface area contributed by atoms with Crippen LogP contribution >= 0.6 is 0 Å². The number of phenols is 1. The van der Waals surface area contributed by atoms with Crippen molar-refractivity contribution in [3.8, 4) is 5.75 Å². The molecule has 18 heavy (non-hydrogen) atoms. The minimum Gasteiger partial charge on any atom is -0.508 e. The van der Waals surface area contributed by atoms with Crippen molar-refractivity contribution in [3.63, 3.8) is 0 Å². The highest BCUT2D eigenvalue weighted by atomic mass is 16.5. The Hall–Kier alpha value is -2.30. The number of rotatable bonds is 3. The number of aryl methyl sites for hydroxylation is 1. The SMILES string of the molecule is Cc1cnoc1C(=O)N(C)Cc1ccc(O)cc1. The highest BCUT2D eigenvalue weighted by Gasteiger charge is 2.18. The summed E-state index contributed by atoms with van der Waals surface area (Å²) in [4.78, 5) is 13.6. The number of nitrogens with zero attached hydrogens (tertiary/aromatic N) is 2. The van der Waals surface area contributed by atoms with Gasteiger partial charge in [0, 0.05) is 19.2 Å². The van der Waals surface area contributed by atoms with Crippen molar-refractivity contribution >= 4 is 5.91 Å². The lowest BCUT2D eigenvalue weighted by Crippen LogP contribution is -2.26. The molecule has 0 radical (unpaired) electrons. The normalized spacial score (nSPS) is 10.3. The van der Waals surface area contributed by atoms with Crippen LogP contribution in [0.1, 0.15) is 21.7 Å². The van der Waals surface area contributed by atoms with E-state index >= 15 is 0 Å². The third-order valence-electron chi connectivity index (χ3n) is 2.65. The molecule has 94 valence electrons. The number of carbonyl (C=O) groups excluding carboxylic acids is 1. The zero-order valence-electron chi connectivity index (χ0n) is 10.3. The van der Waals surface area contributed by atoms with Crippen molar-refractivity contribution in [3.05, 3.63) is 47.3 Å². The first-order chi connectivity index (χ1) is 8.58. The zero-order valence-corrected chi connectivity index (χ0v) is 10.3. The first-order valence-corrected chi connectivity index (χ1v) is 5.52. The molecule has 0 spiro atoms. The number of benzene rings is 1. The molecule has 0 bridgehead atoms. The molecule has 0 aliphatic rings. The number of aromatic nitrogens is 1. The van der Waals surface area contributed by atoms with E-state index in [9.17, 15) is 9.90 Å². The van der Waals surface area contributed by atoms with Crippen LogP contribution < -0.4 is 0 Å². The first-order valence-electron chi connectivity index (χ1n) is 5.52. The summed E-state index contributed by atoms with van der Waals surface area (Å²) < 4.78 is 4.92. The van der Waals surface area contributed by atoms with Crippen LogP contribution in [0.2, 0.25) is 0 Å². The maximum absolute atomic E-state index is 12.0. The van der Waals surface area contributed by atoms with Gasteiger partial charge in [0.15, 0.2) is 0 Å². The van der Waals surface area contributed by atoms with Gasteiger partial charge in [-0.25, -0.2) is 0 Å². The molecule has 1 aromatic heterocycles. The second-order valence-electron chi connectivity index (χ2n) is 4.17. The molecule has 0 saturated heterocycles. The van der Waals surface area contributed by atoms with Crippen LogP contribution in [0.3, 0.4) is 0 Å². The molecule has 1 N–H and O–H groups in total. The van der Waals surface area contributed by atoms with Crippen molar-refractivity contribution in [2.24, 2.45) is 0 Å². The summed E-state index contributed by atoms with van der Waals surface area (Å²) in [5.74, 6) is 0.258. The van der Waals surface area contributed by atoms with E-state index in [1.54, 1.807) is 43.1 Å². The minimum absolute atomic E-state index is 0.207. The van der Waals surface area contributed by atoms with Gasteiger partial charge in [0.25, 0.3) is 5.91 Å². The Morgan fingerprint density at radius 2 is 2.06 bits per heavy atom. The maximum Gasteiger partial charge on any atom is 0.292 e. The third-order valence-corrected chi connectivity index (χ3v) is 2.65. The lowest BCUT2D eigenvalue weighted by atomic mass is 10.2. The van der Waals surface area contributed by atoms with Gasteiger partial charge >= 0.3 is 0 Å². The average Bonchev–Trinajstić information content (AvgIpc) is 2.77. The average molecular weight is 246 g/mol. The molecule has 5 heteroatoms. The van der Waals surface area contributed by atoms with Gasteiger partial charge in [-0.3, -0.25) is 4.79 Å². The van der Waals surface area contributed by atoms with Gasteiger partial charge < -0.3 is 14.5 Å². The summed E-state index contributed by atoms with van der Waals surface area (Å²) in [5.41, 5.74) is 1.65. The molecule has 5 nitrogen and oxygen atoms in total. The van der Waals surface area contributed by atoms with E-state index in [1.165, 1.54) is 6.20 Å². The molecule has 0 aliphatic heterocycles. The van der Waals surface area contributed by atoms with Crippen LogP contribution in [0, 0.1) is 6.92 Å². The maximum atomic E-state index is 12.0. The Kier molecular flexibility index (Phi) is 3.32. The monoisotopic (exact) mass is 246 g/mol. The second kappa shape index (κ2) is 4.91. The van der Waals surface area contributed by atoms with Gasteiger partial charge in [0.2, 0.25) is 5.76 Å². The Bertz CT molecular complexity index is 546. The number of carbonyl (C=O) groups is 1. The zero-order chi connectivity index (χ0) is 13.1. The van der Waals surface area contributed by atoms with E-state index in [1.807, 2.05) is 0 Å². The quantitative estimate of drug-likeness (QED) is 0.899. The van der Waals surface area contributed by atoms with Crippen molar-refractivity contribution in [2.45, 2.75) is 13.5 Å². The van der Waals surface area contributed by atoms with Gasteiger partial charge in [0.1, 0.15) is 5.75 Å². The molecule has 0 aliphatic carbocycles. The van der Waals surface area contributed by atoms with Crippen LogP contribution in [0.25, 0.3) is 0 Å². The third kappa shape index (κ3) is 2.51. The molecule has 0 saturated carbocycles. The van der Waals surface area contributed by atoms with Gasteiger partial charge in [-0.1, -0.05) is 17.3 Å². The predicted octanol–water partition coefficient (Wildman–Crippen LogP) is 1.96. The fourth-order valence-corrected chi connectivity index (χ4v) is 1.62. The van der Waals surface area contributed by atoms with E-state index in [0.717, 1.165) is 11.1 Å². The summed E-state index contributed by atoms with van der Waals surface area (Å²) in [6, 6.07) is 6.72. The lowest BCUT2D eigenvalue weighted by molar-refractivity contribution is 0.0742. The molecule has 2 aromatic rings.